The van der Waals surface area contributed by atoms with Crippen LogP contribution < -0.4 is 10.6 Å². The summed E-state index contributed by atoms with van der Waals surface area (Å²) in [6.45, 7) is 2.58. The van der Waals surface area contributed by atoms with Crippen molar-refractivity contribution in [2.24, 2.45) is 0 Å². The standard InChI is InChI=1S/C18H22N2O2S/c1-13-5-3-4-6-16(13)17(21)12-20-18(22)19-11-14-7-9-15(23-2)10-8-14/h3-10,17,21H,11-12H2,1-2H3,(H2,19,20,22). The molecule has 2 aromatic carbocycles. The Morgan fingerprint density at radius 3 is 2.48 bits per heavy atom. The zero-order chi connectivity index (χ0) is 16.7. The van der Waals surface area contributed by atoms with E-state index in [4.69, 9.17) is 0 Å². The van der Waals surface area contributed by atoms with E-state index in [0.29, 0.717) is 6.54 Å². The number of rotatable bonds is 6. The topological polar surface area (TPSA) is 61.4 Å². The molecule has 5 heteroatoms. The van der Waals surface area contributed by atoms with E-state index >= 15 is 0 Å². The van der Waals surface area contributed by atoms with Crippen LogP contribution in [-0.4, -0.2) is 23.9 Å². The van der Waals surface area contributed by atoms with Gasteiger partial charge in [0.15, 0.2) is 0 Å². The molecule has 4 nitrogen and oxygen atoms in total. The lowest BCUT2D eigenvalue weighted by Gasteiger charge is -2.15. The van der Waals surface area contributed by atoms with E-state index in [1.54, 1.807) is 11.8 Å². The van der Waals surface area contributed by atoms with Crippen LogP contribution in [0.2, 0.25) is 0 Å². The molecule has 0 spiro atoms. The molecule has 23 heavy (non-hydrogen) atoms. The highest BCUT2D eigenvalue weighted by molar-refractivity contribution is 7.98. The number of aryl methyl sites for hydroxylation is 1. The number of hydrogen-bond acceptors (Lipinski definition) is 3. The zero-order valence-corrected chi connectivity index (χ0v) is 14.2. The van der Waals surface area contributed by atoms with Gasteiger partial charge in [0.2, 0.25) is 0 Å². The maximum atomic E-state index is 11.8. The summed E-state index contributed by atoms with van der Waals surface area (Å²) in [4.78, 5) is 13.0. The van der Waals surface area contributed by atoms with E-state index in [2.05, 4.69) is 10.6 Å². The molecule has 1 atom stereocenters. The van der Waals surface area contributed by atoms with Gasteiger partial charge < -0.3 is 15.7 Å². The molecule has 0 saturated carbocycles. The molecule has 3 N–H and O–H groups in total. The summed E-state index contributed by atoms with van der Waals surface area (Å²) in [5.74, 6) is 0. The van der Waals surface area contributed by atoms with Gasteiger partial charge in [0.1, 0.15) is 0 Å². The van der Waals surface area contributed by atoms with Gasteiger partial charge in [-0.3, -0.25) is 0 Å². The fourth-order valence-corrected chi connectivity index (χ4v) is 2.66. The second-order valence-corrected chi connectivity index (χ2v) is 6.16. The number of urea groups is 1. The molecule has 0 radical (unpaired) electrons. The van der Waals surface area contributed by atoms with Crippen molar-refractivity contribution in [2.45, 2.75) is 24.5 Å². The van der Waals surface area contributed by atoms with Gasteiger partial charge in [0, 0.05) is 18.0 Å². The van der Waals surface area contributed by atoms with Gasteiger partial charge >= 0.3 is 6.03 Å². The molecule has 2 rings (SSSR count). The summed E-state index contributed by atoms with van der Waals surface area (Å²) in [5.41, 5.74) is 2.88. The predicted octanol–water partition coefficient (Wildman–Crippen LogP) is 3.25. The summed E-state index contributed by atoms with van der Waals surface area (Å²) in [6.07, 6.45) is 1.32. The lowest BCUT2D eigenvalue weighted by molar-refractivity contribution is 0.172. The summed E-state index contributed by atoms with van der Waals surface area (Å²) in [5, 5.41) is 15.6. The first-order valence-electron chi connectivity index (χ1n) is 7.48. The molecule has 0 bridgehead atoms. The fraction of sp³-hybridized carbons (Fsp3) is 0.278. The maximum absolute atomic E-state index is 11.8. The van der Waals surface area contributed by atoms with E-state index in [1.807, 2.05) is 61.7 Å². The van der Waals surface area contributed by atoms with Crippen LogP contribution in [0.5, 0.6) is 0 Å². The van der Waals surface area contributed by atoms with Crippen LogP contribution >= 0.6 is 11.8 Å². The molecule has 0 fully saturated rings. The minimum Gasteiger partial charge on any atom is -0.387 e. The zero-order valence-electron chi connectivity index (χ0n) is 13.4. The molecule has 1 unspecified atom stereocenters. The van der Waals surface area contributed by atoms with Gasteiger partial charge in [-0.25, -0.2) is 4.79 Å². The van der Waals surface area contributed by atoms with Crippen LogP contribution in [0.4, 0.5) is 4.79 Å². The van der Waals surface area contributed by atoms with Gasteiger partial charge in [-0.05, 0) is 42.0 Å². The lowest BCUT2D eigenvalue weighted by atomic mass is 10.0. The number of benzene rings is 2. The van der Waals surface area contributed by atoms with Gasteiger partial charge in [0.25, 0.3) is 0 Å². The molecule has 0 saturated heterocycles. The van der Waals surface area contributed by atoms with Crippen LogP contribution in [-0.2, 0) is 6.54 Å². The lowest BCUT2D eigenvalue weighted by Crippen LogP contribution is -2.37. The molecule has 0 aromatic heterocycles. The normalized spacial score (nSPS) is 11.8. The predicted molar refractivity (Wildman–Crippen MR) is 94.6 cm³/mol. The Bertz CT molecular complexity index is 644. The minimum absolute atomic E-state index is 0.183. The molecule has 0 aliphatic carbocycles. The van der Waals surface area contributed by atoms with Crippen molar-refractivity contribution in [1.29, 1.82) is 0 Å². The number of carbonyl (C=O) groups is 1. The third kappa shape index (κ3) is 5.30. The smallest absolute Gasteiger partial charge is 0.315 e. The van der Waals surface area contributed by atoms with E-state index in [-0.39, 0.29) is 12.6 Å². The molecular weight excluding hydrogens is 308 g/mol. The minimum atomic E-state index is -0.706. The van der Waals surface area contributed by atoms with Crippen LogP contribution in [0.3, 0.4) is 0 Å². The Kier molecular flexibility index (Phi) is 6.50. The number of hydrogen-bond donors (Lipinski definition) is 3. The Morgan fingerprint density at radius 2 is 1.83 bits per heavy atom. The maximum Gasteiger partial charge on any atom is 0.315 e. The van der Waals surface area contributed by atoms with E-state index in [1.165, 1.54) is 4.90 Å². The number of amides is 2. The van der Waals surface area contributed by atoms with Gasteiger partial charge in [-0.2, -0.15) is 0 Å². The molecular formula is C18H22N2O2S. The highest BCUT2D eigenvalue weighted by atomic mass is 32.2. The van der Waals surface area contributed by atoms with Crippen molar-refractivity contribution in [3.63, 3.8) is 0 Å². The van der Waals surface area contributed by atoms with E-state index in [9.17, 15) is 9.90 Å². The summed E-state index contributed by atoms with van der Waals surface area (Å²) >= 11 is 1.68. The monoisotopic (exact) mass is 330 g/mol. The Labute approximate surface area is 141 Å². The third-order valence-electron chi connectivity index (χ3n) is 3.62. The molecule has 0 aliphatic rings. The average Bonchev–Trinajstić information content (AvgIpc) is 2.58. The number of aliphatic hydroxyl groups is 1. The second kappa shape index (κ2) is 8.60. The van der Waals surface area contributed by atoms with Gasteiger partial charge in [-0.1, -0.05) is 36.4 Å². The van der Waals surface area contributed by atoms with Crippen LogP contribution in [0.1, 0.15) is 22.8 Å². The molecule has 122 valence electrons. The average molecular weight is 330 g/mol. The number of aliphatic hydroxyl groups excluding tert-OH is 1. The Morgan fingerprint density at radius 1 is 1.13 bits per heavy atom. The SMILES string of the molecule is CSc1ccc(CNC(=O)NCC(O)c2ccccc2C)cc1. The summed E-state index contributed by atoms with van der Waals surface area (Å²) in [7, 11) is 0. The highest BCUT2D eigenvalue weighted by Gasteiger charge is 2.11. The number of thioether (sulfide) groups is 1. The number of nitrogens with one attached hydrogen (secondary N) is 2. The number of carbonyl (C=O) groups excluding carboxylic acids is 1. The van der Waals surface area contributed by atoms with Crippen molar-refractivity contribution in [3.8, 4) is 0 Å². The van der Waals surface area contributed by atoms with Crippen LogP contribution in [0.15, 0.2) is 53.4 Å². The largest absolute Gasteiger partial charge is 0.387 e. The van der Waals surface area contributed by atoms with Crippen molar-refractivity contribution < 1.29 is 9.90 Å². The Balaban J connectivity index is 1.77. The van der Waals surface area contributed by atoms with Crippen molar-refractivity contribution in [2.75, 3.05) is 12.8 Å². The first kappa shape index (κ1) is 17.4. The highest BCUT2D eigenvalue weighted by Crippen LogP contribution is 2.16. The third-order valence-corrected chi connectivity index (χ3v) is 4.36. The van der Waals surface area contributed by atoms with Gasteiger partial charge in [-0.15, -0.1) is 11.8 Å². The summed E-state index contributed by atoms with van der Waals surface area (Å²) < 4.78 is 0. The molecule has 0 aliphatic heterocycles. The van der Waals surface area contributed by atoms with Crippen molar-refractivity contribution in [3.05, 3.63) is 65.2 Å². The van der Waals surface area contributed by atoms with Gasteiger partial charge in [0.05, 0.1) is 6.10 Å². The van der Waals surface area contributed by atoms with E-state index in [0.717, 1.165) is 16.7 Å². The molecule has 2 amide bonds. The van der Waals surface area contributed by atoms with Crippen molar-refractivity contribution >= 4 is 17.8 Å². The Hall–Kier alpha value is -1.98. The first-order chi connectivity index (χ1) is 11.1. The van der Waals surface area contributed by atoms with Crippen LogP contribution in [0.25, 0.3) is 0 Å². The quantitative estimate of drug-likeness (QED) is 0.713. The molecule has 0 heterocycles. The fourth-order valence-electron chi connectivity index (χ4n) is 2.25. The first-order valence-corrected chi connectivity index (χ1v) is 8.71. The second-order valence-electron chi connectivity index (χ2n) is 5.28. The van der Waals surface area contributed by atoms with E-state index < -0.39 is 6.10 Å². The van der Waals surface area contributed by atoms with Crippen molar-refractivity contribution in [1.82, 2.24) is 10.6 Å². The summed E-state index contributed by atoms with van der Waals surface area (Å²) in [6, 6.07) is 15.4. The molecule has 2 aromatic rings. The van der Waals surface area contributed by atoms with Crippen LogP contribution in [0, 0.1) is 6.92 Å².